The molecule has 0 aromatic heterocycles. The average molecular weight is 279 g/mol. The zero-order valence-electron chi connectivity index (χ0n) is 11.2. The average Bonchev–Trinajstić information content (AvgIpc) is 2.56. The molecule has 2 rings (SSSR count). The van der Waals surface area contributed by atoms with Crippen molar-refractivity contribution in [1.82, 2.24) is 0 Å². The van der Waals surface area contributed by atoms with Crippen molar-refractivity contribution in [1.29, 1.82) is 0 Å². The van der Waals surface area contributed by atoms with Crippen molar-refractivity contribution in [3.05, 3.63) is 84.4 Å². The summed E-state index contributed by atoms with van der Waals surface area (Å²) in [5.41, 5.74) is 1.11. The Morgan fingerprint density at radius 1 is 0.905 bits per heavy atom. The van der Waals surface area contributed by atoms with Crippen LogP contribution in [0.4, 0.5) is 0 Å². The molecule has 0 unspecified atom stereocenters. The summed E-state index contributed by atoms with van der Waals surface area (Å²) in [5, 5.41) is 3.69. The molecule has 2 aromatic carbocycles. The van der Waals surface area contributed by atoms with Gasteiger partial charge in [-0.2, -0.15) is 0 Å². The van der Waals surface area contributed by atoms with E-state index in [0.717, 1.165) is 6.08 Å². The van der Waals surface area contributed by atoms with Crippen LogP contribution >= 0.6 is 0 Å². The third kappa shape index (κ3) is 3.73. The number of carbonyl (C=O) groups excluding carboxylic acids is 2. The molecule has 0 spiro atoms. The quantitative estimate of drug-likeness (QED) is 0.278. The van der Waals surface area contributed by atoms with Crippen molar-refractivity contribution >= 4 is 17.5 Å². The monoisotopic (exact) mass is 279 g/mol. The van der Waals surface area contributed by atoms with E-state index in [1.165, 1.54) is 0 Å². The number of carbonyl (C=O) groups is 2. The topological polar surface area (TPSA) is 55.7 Å². The van der Waals surface area contributed by atoms with Gasteiger partial charge in [0.05, 0.1) is 0 Å². The maximum Gasteiger partial charge on any atom is 0.358 e. The SMILES string of the molecule is C=CC(=O)ON=C(C(=O)c1ccccc1)c1ccccc1. The Hall–Kier alpha value is -3.01. The molecule has 0 bridgehead atoms. The second kappa shape index (κ2) is 6.96. The normalized spacial score (nSPS) is 10.8. The van der Waals surface area contributed by atoms with Crippen LogP contribution in [0.2, 0.25) is 0 Å². The standard InChI is InChI=1S/C17H13NO3/c1-2-15(19)21-18-16(13-9-5-3-6-10-13)17(20)14-11-7-4-8-12-14/h2-12H,1H2. The van der Waals surface area contributed by atoms with Gasteiger partial charge in [-0.05, 0) is 0 Å². The molecule has 0 fully saturated rings. The molecule has 0 aliphatic rings. The summed E-state index contributed by atoms with van der Waals surface area (Å²) in [4.78, 5) is 28.3. The number of hydrogen-bond donors (Lipinski definition) is 0. The molecule has 4 nitrogen and oxygen atoms in total. The van der Waals surface area contributed by atoms with Crippen LogP contribution in [0, 0.1) is 0 Å². The molecular weight excluding hydrogens is 266 g/mol. The van der Waals surface area contributed by atoms with E-state index in [1.54, 1.807) is 48.5 Å². The third-order valence-corrected chi connectivity index (χ3v) is 2.69. The minimum absolute atomic E-state index is 0.0667. The van der Waals surface area contributed by atoms with Gasteiger partial charge in [-0.25, -0.2) is 4.79 Å². The summed E-state index contributed by atoms with van der Waals surface area (Å²) in [6.45, 7) is 3.29. The van der Waals surface area contributed by atoms with E-state index in [4.69, 9.17) is 0 Å². The lowest BCUT2D eigenvalue weighted by Gasteiger charge is -2.05. The van der Waals surface area contributed by atoms with E-state index in [1.807, 2.05) is 12.1 Å². The summed E-state index contributed by atoms with van der Waals surface area (Å²) in [6.07, 6.45) is 0.985. The fourth-order valence-corrected chi connectivity index (χ4v) is 1.68. The molecule has 0 aliphatic carbocycles. The van der Waals surface area contributed by atoms with Crippen LogP contribution in [-0.2, 0) is 9.63 Å². The lowest BCUT2D eigenvalue weighted by atomic mass is 10.0. The van der Waals surface area contributed by atoms with E-state index >= 15 is 0 Å². The minimum atomic E-state index is -0.718. The fourth-order valence-electron chi connectivity index (χ4n) is 1.68. The second-order valence-corrected chi connectivity index (χ2v) is 4.12. The van der Waals surface area contributed by atoms with Gasteiger partial charge in [0, 0.05) is 17.2 Å². The van der Waals surface area contributed by atoms with Crippen LogP contribution in [-0.4, -0.2) is 17.5 Å². The molecule has 0 saturated carbocycles. The molecule has 2 aromatic rings. The predicted molar refractivity (Wildman–Crippen MR) is 80.0 cm³/mol. The molecule has 0 heterocycles. The maximum absolute atomic E-state index is 12.5. The van der Waals surface area contributed by atoms with Crippen molar-refractivity contribution < 1.29 is 14.4 Å². The molecule has 0 saturated heterocycles. The van der Waals surface area contributed by atoms with Gasteiger partial charge in [-0.1, -0.05) is 72.4 Å². The van der Waals surface area contributed by atoms with Gasteiger partial charge in [-0.15, -0.1) is 0 Å². The number of oxime groups is 1. The number of ketones is 1. The van der Waals surface area contributed by atoms with Gasteiger partial charge in [0.25, 0.3) is 0 Å². The van der Waals surface area contributed by atoms with Crippen LogP contribution in [0.15, 0.2) is 78.5 Å². The summed E-state index contributed by atoms with van der Waals surface area (Å²) >= 11 is 0. The molecule has 104 valence electrons. The molecular formula is C17H13NO3. The Bertz CT molecular complexity index is 676. The first-order valence-corrected chi connectivity index (χ1v) is 6.29. The van der Waals surface area contributed by atoms with Crippen molar-refractivity contribution in [3.63, 3.8) is 0 Å². The van der Waals surface area contributed by atoms with Gasteiger partial charge in [0.1, 0.15) is 0 Å². The van der Waals surface area contributed by atoms with Gasteiger partial charge in [0.2, 0.25) is 5.78 Å². The highest BCUT2D eigenvalue weighted by Gasteiger charge is 2.17. The minimum Gasteiger partial charge on any atom is -0.313 e. The summed E-state index contributed by atoms with van der Waals surface area (Å²) < 4.78 is 0. The van der Waals surface area contributed by atoms with Crippen molar-refractivity contribution in [2.45, 2.75) is 0 Å². The number of nitrogens with zero attached hydrogens (tertiary/aromatic N) is 1. The lowest BCUT2D eigenvalue weighted by Crippen LogP contribution is -2.17. The molecule has 4 heteroatoms. The first kappa shape index (κ1) is 14.4. The molecule has 21 heavy (non-hydrogen) atoms. The molecule has 0 atom stereocenters. The Morgan fingerprint density at radius 2 is 1.43 bits per heavy atom. The zero-order chi connectivity index (χ0) is 15.1. The van der Waals surface area contributed by atoms with Crippen molar-refractivity contribution in [3.8, 4) is 0 Å². The van der Waals surface area contributed by atoms with Crippen LogP contribution in [0.3, 0.4) is 0 Å². The Balaban J connectivity index is 2.39. The summed E-state index contributed by atoms with van der Waals surface area (Å²) in [6, 6.07) is 17.5. The Kier molecular flexibility index (Phi) is 4.77. The van der Waals surface area contributed by atoms with Crippen molar-refractivity contribution in [2.75, 3.05) is 0 Å². The number of rotatable bonds is 5. The second-order valence-electron chi connectivity index (χ2n) is 4.12. The highest BCUT2D eigenvalue weighted by Crippen LogP contribution is 2.09. The smallest absolute Gasteiger partial charge is 0.313 e. The molecule has 0 aliphatic heterocycles. The van der Waals surface area contributed by atoms with E-state index in [2.05, 4.69) is 16.6 Å². The van der Waals surface area contributed by atoms with E-state index in [-0.39, 0.29) is 11.5 Å². The lowest BCUT2D eigenvalue weighted by molar-refractivity contribution is -0.137. The van der Waals surface area contributed by atoms with Crippen LogP contribution < -0.4 is 0 Å². The highest BCUT2D eigenvalue weighted by atomic mass is 16.7. The Morgan fingerprint density at radius 3 is 1.95 bits per heavy atom. The van der Waals surface area contributed by atoms with Gasteiger partial charge in [-0.3, -0.25) is 4.79 Å². The summed E-state index contributed by atoms with van der Waals surface area (Å²) in [7, 11) is 0. The van der Waals surface area contributed by atoms with Crippen molar-refractivity contribution in [2.24, 2.45) is 5.16 Å². The largest absolute Gasteiger partial charge is 0.358 e. The highest BCUT2D eigenvalue weighted by molar-refractivity contribution is 6.51. The van der Waals surface area contributed by atoms with Gasteiger partial charge < -0.3 is 4.84 Å². The number of benzene rings is 2. The molecule has 0 radical (unpaired) electrons. The van der Waals surface area contributed by atoms with E-state index < -0.39 is 5.97 Å². The van der Waals surface area contributed by atoms with E-state index in [9.17, 15) is 9.59 Å². The van der Waals surface area contributed by atoms with E-state index in [0.29, 0.717) is 11.1 Å². The van der Waals surface area contributed by atoms with Crippen LogP contribution in [0.25, 0.3) is 0 Å². The Labute approximate surface area is 122 Å². The first-order chi connectivity index (χ1) is 10.2. The molecule has 0 amide bonds. The van der Waals surface area contributed by atoms with Crippen LogP contribution in [0.1, 0.15) is 15.9 Å². The predicted octanol–water partition coefficient (Wildman–Crippen LogP) is 3.00. The summed E-state index contributed by atoms with van der Waals surface area (Å²) in [5.74, 6) is -1.04. The van der Waals surface area contributed by atoms with Gasteiger partial charge in [0.15, 0.2) is 5.71 Å². The first-order valence-electron chi connectivity index (χ1n) is 6.29. The number of Topliss-reactive ketones (excluding diaryl/α,β-unsaturated/α-hetero) is 1. The maximum atomic E-state index is 12.5. The van der Waals surface area contributed by atoms with Gasteiger partial charge >= 0.3 is 5.97 Å². The third-order valence-electron chi connectivity index (χ3n) is 2.69. The fraction of sp³-hybridized carbons (Fsp3) is 0. The molecule has 0 N–H and O–H groups in total. The zero-order valence-corrected chi connectivity index (χ0v) is 11.2. The van der Waals surface area contributed by atoms with Crippen LogP contribution in [0.5, 0.6) is 0 Å². The number of hydrogen-bond acceptors (Lipinski definition) is 4.